The van der Waals surface area contributed by atoms with E-state index in [9.17, 15) is 4.39 Å². The van der Waals surface area contributed by atoms with Crippen molar-refractivity contribution < 1.29 is 4.39 Å². The molecule has 0 atom stereocenters. The molecule has 21 heavy (non-hydrogen) atoms. The highest BCUT2D eigenvalue weighted by atomic mass is 79.9. The van der Waals surface area contributed by atoms with Gasteiger partial charge in [0.25, 0.3) is 0 Å². The van der Waals surface area contributed by atoms with Crippen LogP contribution in [-0.2, 0) is 0 Å². The molecule has 1 aromatic heterocycles. The highest BCUT2D eigenvalue weighted by molar-refractivity contribution is 9.10. The summed E-state index contributed by atoms with van der Waals surface area (Å²) in [5.74, 6) is -0.208. The third kappa shape index (κ3) is 2.62. The van der Waals surface area contributed by atoms with Crippen LogP contribution >= 0.6 is 27.5 Å². The first-order valence-corrected chi connectivity index (χ1v) is 7.02. The fourth-order valence-corrected chi connectivity index (χ4v) is 2.34. The number of nitrogen functional groups attached to an aromatic ring is 1. The lowest BCUT2D eigenvalue weighted by Crippen LogP contribution is -2.01. The number of aromatic nitrogens is 4. The van der Waals surface area contributed by atoms with Crippen LogP contribution < -0.4 is 5.73 Å². The molecule has 0 unspecified atom stereocenters. The van der Waals surface area contributed by atoms with Gasteiger partial charge in [0.05, 0.1) is 16.3 Å². The van der Waals surface area contributed by atoms with Gasteiger partial charge in [-0.3, -0.25) is 0 Å². The van der Waals surface area contributed by atoms with E-state index in [1.165, 1.54) is 16.8 Å². The first kappa shape index (κ1) is 14.0. The van der Waals surface area contributed by atoms with E-state index < -0.39 is 5.82 Å². The quantitative estimate of drug-likeness (QED) is 0.703. The van der Waals surface area contributed by atoms with E-state index in [2.05, 4.69) is 31.5 Å². The van der Waals surface area contributed by atoms with Crippen molar-refractivity contribution in [1.82, 2.24) is 20.2 Å². The zero-order valence-electron chi connectivity index (χ0n) is 10.5. The van der Waals surface area contributed by atoms with Crippen molar-refractivity contribution in [1.29, 1.82) is 0 Å². The molecule has 5 nitrogen and oxygen atoms in total. The Hall–Kier alpha value is -1.99. The van der Waals surface area contributed by atoms with Gasteiger partial charge in [-0.25, -0.2) is 4.39 Å². The number of nitrogens with two attached hydrogens (primary N) is 1. The zero-order valence-corrected chi connectivity index (χ0v) is 12.8. The Labute approximate surface area is 132 Å². The number of benzene rings is 2. The maximum absolute atomic E-state index is 14.0. The van der Waals surface area contributed by atoms with E-state index in [1.807, 2.05) is 0 Å². The molecule has 2 aromatic carbocycles. The molecule has 0 saturated carbocycles. The fourth-order valence-electron chi connectivity index (χ4n) is 1.86. The molecule has 8 heteroatoms. The number of rotatable bonds is 2. The third-order valence-corrected chi connectivity index (χ3v) is 4.07. The van der Waals surface area contributed by atoms with Gasteiger partial charge < -0.3 is 5.73 Å². The molecule has 0 aliphatic rings. The van der Waals surface area contributed by atoms with Gasteiger partial charge in [0, 0.05) is 10.2 Å². The van der Waals surface area contributed by atoms with Gasteiger partial charge in [-0.05, 0) is 62.8 Å². The highest BCUT2D eigenvalue weighted by Crippen LogP contribution is 2.28. The summed E-state index contributed by atoms with van der Waals surface area (Å²) in [5.41, 5.74) is 6.80. The largest absolute Gasteiger partial charge is 0.399 e. The molecule has 0 amide bonds. The summed E-state index contributed by atoms with van der Waals surface area (Å²) in [5, 5.41) is 11.9. The van der Waals surface area contributed by atoms with E-state index >= 15 is 0 Å². The third-order valence-electron chi connectivity index (χ3n) is 2.85. The number of halogens is 3. The van der Waals surface area contributed by atoms with Crippen molar-refractivity contribution in [3.63, 3.8) is 0 Å². The van der Waals surface area contributed by atoms with Crippen LogP contribution in [0.3, 0.4) is 0 Å². The average Bonchev–Trinajstić information content (AvgIpc) is 2.91. The predicted molar refractivity (Wildman–Crippen MR) is 81.7 cm³/mol. The van der Waals surface area contributed by atoms with Crippen LogP contribution in [0.1, 0.15) is 0 Å². The summed E-state index contributed by atoms with van der Waals surface area (Å²) in [7, 11) is 0. The Morgan fingerprint density at radius 1 is 1.19 bits per heavy atom. The summed E-state index contributed by atoms with van der Waals surface area (Å²) >= 11 is 9.29. The lowest BCUT2D eigenvalue weighted by Gasteiger charge is -2.07. The van der Waals surface area contributed by atoms with Crippen molar-refractivity contribution in [2.45, 2.75) is 0 Å². The van der Waals surface area contributed by atoms with Crippen LogP contribution in [-0.4, -0.2) is 20.2 Å². The van der Waals surface area contributed by atoms with Crippen LogP contribution in [0, 0.1) is 5.82 Å². The number of anilines is 1. The van der Waals surface area contributed by atoms with Crippen molar-refractivity contribution in [2.24, 2.45) is 0 Å². The number of nitrogens with zero attached hydrogens (tertiary/aromatic N) is 4. The maximum Gasteiger partial charge on any atom is 0.190 e. The molecule has 0 fully saturated rings. The molecule has 0 spiro atoms. The molecular weight excluding hydrogens is 361 g/mol. The Kier molecular flexibility index (Phi) is 3.60. The first-order valence-electron chi connectivity index (χ1n) is 5.85. The van der Waals surface area contributed by atoms with Gasteiger partial charge in [-0.15, -0.1) is 5.10 Å². The Morgan fingerprint density at radius 2 is 2.00 bits per heavy atom. The van der Waals surface area contributed by atoms with E-state index in [0.29, 0.717) is 20.9 Å². The van der Waals surface area contributed by atoms with E-state index in [-0.39, 0.29) is 11.4 Å². The van der Waals surface area contributed by atoms with E-state index in [1.54, 1.807) is 24.3 Å². The van der Waals surface area contributed by atoms with Crippen molar-refractivity contribution >= 4 is 33.2 Å². The minimum atomic E-state index is -0.487. The molecule has 3 aromatic rings. The Bertz CT molecular complexity index is 820. The molecule has 1 heterocycles. The van der Waals surface area contributed by atoms with Gasteiger partial charge in [0.1, 0.15) is 5.82 Å². The standard InChI is InChI=1S/C13H8BrClFN5/c14-10-6-8(2-4-11(10)15)21-13(18-19-20-21)9-3-1-7(17)5-12(9)16/h1-6H,17H2. The summed E-state index contributed by atoms with van der Waals surface area (Å²) < 4.78 is 16.2. The molecule has 0 radical (unpaired) electrons. The van der Waals surface area contributed by atoms with Gasteiger partial charge in [0.2, 0.25) is 0 Å². The second kappa shape index (κ2) is 5.42. The molecule has 106 valence electrons. The number of hydrogen-bond acceptors (Lipinski definition) is 4. The molecule has 0 aliphatic heterocycles. The summed E-state index contributed by atoms with van der Waals surface area (Å²) in [6.07, 6.45) is 0. The maximum atomic E-state index is 14.0. The van der Waals surface area contributed by atoms with Gasteiger partial charge in [0.15, 0.2) is 5.82 Å². The second-order valence-electron chi connectivity index (χ2n) is 4.25. The van der Waals surface area contributed by atoms with Crippen molar-refractivity contribution in [2.75, 3.05) is 5.73 Å². The van der Waals surface area contributed by atoms with E-state index in [4.69, 9.17) is 17.3 Å². The van der Waals surface area contributed by atoms with Crippen LogP contribution in [0.4, 0.5) is 10.1 Å². The average molecular weight is 369 g/mol. The molecule has 3 rings (SSSR count). The smallest absolute Gasteiger partial charge is 0.190 e. The molecule has 2 N–H and O–H groups in total. The van der Waals surface area contributed by atoms with Crippen LogP contribution in [0.15, 0.2) is 40.9 Å². The minimum Gasteiger partial charge on any atom is -0.399 e. The monoisotopic (exact) mass is 367 g/mol. The molecule has 0 bridgehead atoms. The summed E-state index contributed by atoms with van der Waals surface area (Å²) in [4.78, 5) is 0. The zero-order chi connectivity index (χ0) is 15.0. The van der Waals surface area contributed by atoms with Crippen molar-refractivity contribution in [3.8, 4) is 17.1 Å². The first-order chi connectivity index (χ1) is 10.1. The van der Waals surface area contributed by atoms with Crippen LogP contribution in [0.25, 0.3) is 17.1 Å². The van der Waals surface area contributed by atoms with Crippen LogP contribution in [0.5, 0.6) is 0 Å². The minimum absolute atomic E-state index is 0.264. The highest BCUT2D eigenvalue weighted by Gasteiger charge is 2.15. The fraction of sp³-hybridized carbons (Fsp3) is 0. The predicted octanol–water partition coefficient (Wildman–Crippen LogP) is 3.47. The van der Waals surface area contributed by atoms with Gasteiger partial charge in [-0.2, -0.15) is 4.68 Å². The second-order valence-corrected chi connectivity index (χ2v) is 5.51. The van der Waals surface area contributed by atoms with Gasteiger partial charge >= 0.3 is 0 Å². The SMILES string of the molecule is Nc1ccc(-c2nnnn2-c2ccc(Cl)c(Br)c2)c(F)c1. The Morgan fingerprint density at radius 3 is 2.71 bits per heavy atom. The number of tetrazole rings is 1. The summed E-state index contributed by atoms with van der Waals surface area (Å²) in [6, 6.07) is 9.55. The lowest BCUT2D eigenvalue weighted by atomic mass is 10.2. The topological polar surface area (TPSA) is 69.6 Å². The molecule has 0 aliphatic carbocycles. The van der Waals surface area contributed by atoms with E-state index in [0.717, 1.165) is 0 Å². The summed E-state index contributed by atoms with van der Waals surface area (Å²) in [6.45, 7) is 0. The normalized spacial score (nSPS) is 10.8. The number of hydrogen-bond donors (Lipinski definition) is 1. The Balaban J connectivity index is 2.14. The van der Waals surface area contributed by atoms with Crippen LogP contribution in [0.2, 0.25) is 5.02 Å². The molecule has 0 saturated heterocycles. The lowest BCUT2D eigenvalue weighted by molar-refractivity contribution is 0.629. The van der Waals surface area contributed by atoms with Gasteiger partial charge in [-0.1, -0.05) is 11.6 Å². The molecular formula is C13H8BrClFN5. The van der Waals surface area contributed by atoms with Crippen molar-refractivity contribution in [3.05, 3.63) is 51.7 Å².